The van der Waals surface area contributed by atoms with Crippen molar-refractivity contribution in [2.75, 3.05) is 25.0 Å². The average Bonchev–Trinajstić information content (AvgIpc) is 2.90. The van der Waals surface area contributed by atoms with E-state index in [0.717, 1.165) is 36.8 Å². The Morgan fingerprint density at radius 1 is 1.41 bits per heavy atom. The fourth-order valence-corrected chi connectivity index (χ4v) is 2.79. The van der Waals surface area contributed by atoms with Gasteiger partial charge in [-0.1, -0.05) is 0 Å². The molecule has 0 spiro atoms. The fraction of sp³-hybridized carbons (Fsp3) is 0.667. The van der Waals surface area contributed by atoms with Gasteiger partial charge in [-0.2, -0.15) is 0 Å². The predicted octanol–water partition coefficient (Wildman–Crippen LogP) is 2.18. The van der Waals surface area contributed by atoms with Crippen molar-refractivity contribution in [2.24, 2.45) is 0 Å². The van der Waals surface area contributed by atoms with Crippen LogP contribution in [0.4, 0.5) is 5.13 Å². The van der Waals surface area contributed by atoms with Gasteiger partial charge in [-0.05, 0) is 26.7 Å². The van der Waals surface area contributed by atoms with Crippen LogP contribution in [0.15, 0.2) is 0 Å². The zero-order valence-electron chi connectivity index (χ0n) is 10.5. The van der Waals surface area contributed by atoms with E-state index in [2.05, 4.69) is 17.2 Å². The van der Waals surface area contributed by atoms with E-state index in [1.807, 2.05) is 11.8 Å². The van der Waals surface area contributed by atoms with Crippen LogP contribution in [0.5, 0.6) is 0 Å². The van der Waals surface area contributed by atoms with Gasteiger partial charge < -0.3 is 10.2 Å². The Balaban J connectivity index is 1.73. The summed E-state index contributed by atoms with van der Waals surface area (Å²) in [6.45, 7) is 6.63. The van der Waals surface area contributed by atoms with Crippen LogP contribution in [-0.2, 0) is 4.79 Å². The highest BCUT2D eigenvalue weighted by Crippen LogP contribution is 2.20. The molecule has 2 heterocycles. The van der Waals surface area contributed by atoms with Gasteiger partial charge in [0.05, 0.1) is 5.69 Å². The molecule has 1 amide bonds. The molecule has 5 heteroatoms. The Bertz CT molecular complexity index is 377. The number of nitrogens with one attached hydrogen (secondary N) is 1. The standard InChI is InChI=1S/C12H19N3OS/c1-9-10(2)17-12(14-9)13-6-5-11(16)15-7-3-4-8-15/h3-8H2,1-2H3,(H,13,14). The summed E-state index contributed by atoms with van der Waals surface area (Å²) >= 11 is 1.65. The molecule has 0 bridgehead atoms. The molecule has 0 unspecified atom stereocenters. The van der Waals surface area contributed by atoms with E-state index in [4.69, 9.17) is 0 Å². The summed E-state index contributed by atoms with van der Waals surface area (Å²) in [6, 6.07) is 0. The third-order valence-electron chi connectivity index (χ3n) is 3.10. The molecule has 2 rings (SSSR count). The van der Waals surface area contributed by atoms with E-state index in [1.165, 1.54) is 4.88 Å². The maximum atomic E-state index is 11.8. The molecule has 1 aromatic rings. The van der Waals surface area contributed by atoms with Crippen molar-refractivity contribution in [2.45, 2.75) is 33.1 Å². The number of rotatable bonds is 4. The van der Waals surface area contributed by atoms with Crippen LogP contribution in [0.2, 0.25) is 0 Å². The Morgan fingerprint density at radius 3 is 2.71 bits per heavy atom. The zero-order valence-corrected chi connectivity index (χ0v) is 11.3. The molecule has 0 atom stereocenters. The number of aryl methyl sites for hydroxylation is 2. The first-order chi connectivity index (χ1) is 8.16. The van der Waals surface area contributed by atoms with Crippen molar-refractivity contribution < 1.29 is 4.79 Å². The molecule has 0 saturated carbocycles. The smallest absolute Gasteiger partial charge is 0.224 e. The van der Waals surface area contributed by atoms with Crippen LogP contribution in [0.25, 0.3) is 0 Å². The van der Waals surface area contributed by atoms with Gasteiger partial charge in [0.15, 0.2) is 5.13 Å². The van der Waals surface area contributed by atoms with Crippen LogP contribution >= 0.6 is 11.3 Å². The van der Waals surface area contributed by atoms with Gasteiger partial charge in [-0.15, -0.1) is 11.3 Å². The number of carbonyl (C=O) groups excluding carboxylic acids is 1. The molecule has 0 aromatic carbocycles. The summed E-state index contributed by atoms with van der Waals surface area (Å²) in [5, 5.41) is 4.15. The van der Waals surface area contributed by atoms with E-state index in [9.17, 15) is 4.79 Å². The summed E-state index contributed by atoms with van der Waals surface area (Å²) in [6.07, 6.45) is 2.88. The highest BCUT2D eigenvalue weighted by Gasteiger charge is 2.17. The average molecular weight is 253 g/mol. The van der Waals surface area contributed by atoms with E-state index in [-0.39, 0.29) is 5.91 Å². The lowest BCUT2D eigenvalue weighted by molar-refractivity contribution is -0.129. The third-order valence-corrected chi connectivity index (χ3v) is 4.13. The Hall–Kier alpha value is -1.10. The van der Waals surface area contributed by atoms with Gasteiger partial charge in [0.25, 0.3) is 0 Å². The van der Waals surface area contributed by atoms with Gasteiger partial charge in [0, 0.05) is 30.9 Å². The summed E-state index contributed by atoms with van der Waals surface area (Å²) in [4.78, 5) is 19.4. The topological polar surface area (TPSA) is 45.2 Å². The van der Waals surface area contributed by atoms with Gasteiger partial charge in [-0.25, -0.2) is 4.98 Å². The van der Waals surface area contributed by atoms with Crippen LogP contribution in [0, 0.1) is 13.8 Å². The summed E-state index contributed by atoms with van der Waals surface area (Å²) in [5.74, 6) is 0.264. The van der Waals surface area contributed by atoms with Gasteiger partial charge in [-0.3, -0.25) is 4.79 Å². The molecule has 1 aliphatic rings. The summed E-state index contributed by atoms with van der Waals surface area (Å²) in [7, 11) is 0. The molecule has 94 valence electrons. The molecular formula is C12H19N3OS. The lowest BCUT2D eigenvalue weighted by atomic mass is 10.3. The second kappa shape index (κ2) is 5.49. The quantitative estimate of drug-likeness (QED) is 0.894. The molecule has 4 nitrogen and oxygen atoms in total. The molecule has 1 N–H and O–H groups in total. The van der Waals surface area contributed by atoms with Crippen molar-refractivity contribution in [1.82, 2.24) is 9.88 Å². The lowest BCUT2D eigenvalue weighted by Crippen LogP contribution is -2.29. The normalized spacial score (nSPS) is 15.3. The maximum Gasteiger partial charge on any atom is 0.224 e. The first-order valence-electron chi connectivity index (χ1n) is 6.12. The minimum Gasteiger partial charge on any atom is -0.361 e. The fourth-order valence-electron chi connectivity index (χ4n) is 1.95. The van der Waals surface area contributed by atoms with Crippen LogP contribution < -0.4 is 5.32 Å². The lowest BCUT2D eigenvalue weighted by Gasteiger charge is -2.14. The minimum absolute atomic E-state index is 0.264. The number of amides is 1. The number of carbonyl (C=O) groups is 1. The zero-order chi connectivity index (χ0) is 12.3. The number of hydrogen-bond acceptors (Lipinski definition) is 4. The van der Waals surface area contributed by atoms with Crippen LogP contribution in [0.1, 0.15) is 29.8 Å². The SMILES string of the molecule is Cc1nc(NCCC(=O)N2CCCC2)sc1C. The molecule has 17 heavy (non-hydrogen) atoms. The first-order valence-corrected chi connectivity index (χ1v) is 6.94. The summed E-state index contributed by atoms with van der Waals surface area (Å²) < 4.78 is 0. The van der Waals surface area contributed by atoms with Gasteiger partial charge >= 0.3 is 0 Å². The molecule has 0 aliphatic carbocycles. The molecule has 0 radical (unpaired) electrons. The second-order valence-corrected chi connectivity index (χ2v) is 5.63. The van der Waals surface area contributed by atoms with Crippen LogP contribution in [0.3, 0.4) is 0 Å². The largest absolute Gasteiger partial charge is 0.361 e. The first kappa shape index (κ1) is 12.4. The third kappa shape index (κ3) is 3.19. The molecule has 1 saturated heterocycles. The van der Waals surface area contributed by atoms with Crippen molar-refractivity contribution in [1.29, 1.82) is 0 Å². The summed E-state index contributed by atoms with van der Waals surface area (Å²) in [5.41, 5.74) is 1.07. The number of nitrogens with zero attached hydrogens (tertiary/aromatic N) is 2. The van der Waals surface area contributed by atoms with Crippen LogP contribution in [-0.4, -0.2) is 35.4 Å². The number of likely N-dealkylation sites (tertiary alicyclic amines) is 1. The highest BCUT2D eigenvalue weighted by molar-refractivity contribution is 7.15. The molecule has 1 aromatic heterocycles. The predicted molar refractivity (Wildman–Crippen MR) is 70.5 cm³/mol. The Kier molecular flexibility index (Phi) is 3.99. The number of hydrogen-bond donors (Lipinski definition) is 1. The van der Waals surface area contributed by atoms with E-state index in [1.54, 1.807) is 11.3 Å². The second-order valence-electron chi connectivity index (χ2n) is 4.43. The number of aromatic nitrogens is 1. The monoisotopic (exact) mass is 253 g/mol. The highest BCUT2D eigenvalue weighted by atomic mass is 32.1. The van der Waals surface area contributed by atoms with Crippen molar-refractivity contribution >= 4 is 22.4 Å². The van der Waals surface area contributed by atoms with Crippen molar-refractivity contribution in [3.05, 3.63) is 10.6 Å². The van der Waals surface area contributed by atoms with E-state index in [0.29, 0.717) is 13.0 Å². The van der Waals surface area contributed by atoms with E-state index >= 15 is 0 Å². The Morgan fingerprint density at radius 2 is 2.12 bits per heavy atom. The van der Waals surface area contributed by atoms with Crippen molar-refractivity contribution in [3.8, 4) is 0 Å². The molecule has 1 fully saturated rings. The molecule has 1 aliphatic heterocycles. The maximum absolute atomic E-state index is 11.8. The van der Waals surface area contributed by atoms with Crippen molar-refractivity contribution in [3.63, 3.8) is 0 Å². The Labute approximate surface area is 106 Å². The number of anilines is 1. The van der Waals surface area contributed by atoms with E-state index < -0.39 is 0 Å². The molecular weight excluding hydrogens is 234 g/mol. The number of thiazole rings is 1. The van der Waals surface area contributed by atoms with Gasteiger partial charge in [0.1, 0.15) is 0 Å². The minimum atomic E-state index is 0.264. The van der Waals surface area contributed by atoms with Gasteiger partial charge in [0.2, 0.25) is 5.91 Å².